The van der Waals surface area contributed by atoms with Crippen LogP contribution in [0.4, 0.5) is 8.78 Å². The zero-order valence-corrected chi connectivity index (χ0v) is 17.1. The van der Waals surface area contributed by atoms with Crippen LogP contribution in [0.25, 0.3) is 10.9 Å². The second-order valence-electron chi connectivity index (χ2n) is 9.02. The lowest BCUT2D eigenvalue weighted by atomic mass is 10.00. The number of nitrogens with zero attached hydrogens (tertiary/aromatic N) is 3. The van der Waals surface area contributed by atoms with Gasteiger partial charge in [0.05, 0.1) is 0 Å². The van der Waals surface area contributed by atoms with Crippen LogP contribution in [0.15, 0.2) is 18.2 Å². The van der Waals surface area contributed by atoms with E-state index in [1.807, 2.05) is 18.2 Å². The van der Waals surface area contributed by atoms with Gasteiger partial charge < -0.3 is 9.47 Å². The summed E-state index contributed by atoms with van der Waals surface area (Å²) in [6, 6.07) is 6.58. The molecule has 1 saturated heterocycles. The summed E-state index contributed by atoms with van der Waals surface area (Å²) in [6.07, 6.45) is 5.82. The molecule has 0 spiro atoms. The highest BCUT2D eigenvalue weighted by Gasteiger charge is 2.36. The molecule has 0 bridgehead atoms. The molecule has 1 aromatic carbocycles. The quantitative estimate of drug-likeness (QED) is 0.749. The number of piperidine rings is 1. The molecular weight excluding hydrogens is 372 g/mol. The van der Waals surface area contributed by atoms with E-state index in [0.717, 1.165) is 30.4 Å². The molecule has 3 aliphatic rings. The zero-order valence-electron chi connectivity index (χ0n) is 17.1. The molecule has 2 aliphatic heterocycles. The Hall–Kier alpha value is -1.95. The SMILES string of the molecule is Cn1c2c(c3cc(C(=O)N4CCC(F)(F)CC4)ccc31)CN(C1CCCC1)CC2. The van der Waals surface area contributed by atoms with Gasteiger partial charge in [0.15, 0.2) is 0 Å². The molecule has 0 radical (unpaired) electrons. The molecule has 156 valence electrons. The van der Waals surface area contributed by atoms with Gasteiger partial charge in [0, 0.05) is 80.7 Å². The van der Waals surface area contributed by atoms with Crippen LogP contribution in [0, 0.1) is 0 Å². The predicted molar refractivity (Wildman–Crippen MR) is 109 cm³/mol. The van der Waals surface area contributed by atoms with Gasteiger partial charge in [0.25, 0.3) is 11.8 Å². The van der Waals surface area contributed by atoms with E-state index in [4.69, 9.17) is 0 Å². The average Bonchev–Trinajstić information content (AvgIpc) is 3.35. The van der Waals surface area contributed by atoms with E-state index < -0.39 is 5.92 Å². The standard InChI is InChI=1S/C23H29F2N3O/c1-26-20-7-6-16(22(29)27-12-9-23(24,25)10-13-27)14-18(20)19-15-28(11-8-21(19)26)17-4-2-3-5-17/h6-7,14,17H,2-5,8-13,15H2,1H3. The first-order valence-electron chi connectivity index (χ1n) is 10.9. The molecular formula is C23H29F2N3O. The lowest BCUT2D eigenvalue weighted by molar-refractivity contribution is -0.0494. The van der Waals surface area contributed by atoms with Gasteiger partial charge in [-0.15, -0.1) is 0 Å². The van der Waals surface area contributed by atoms with E-state index in [1.54, 1.807) is 4.90 Å². The summed E-state index contributed by atoms with van der Waals surface area (Å²) in [4.78, 5) is 17.2. The van der Waals surface area contributed by atoms with Gasteiger partial charge in [-0.2, -0.15) is 0 Å². The number of alkyl halides is 2. The third-order valence-electron chi connectivity index (χ3n) is 7.30. The Kier molecular flexibility index (Phi) is 4.65. The molecule has 1 amide bonds. The topological polar surface area (TPSA) is 28.5 Å². The number of likely N-dealkylation sites (tertiary alicyclic amines) is 1. The van der Waals surface area contributed by atoms with Crippen molar-refractivity contribution in [3.05, 3.63) is 35.0 Å². The van der Waals surface area contributed by atoms with E-state index in [1.165, 1.54) is 36.9 Å². The Bertz CT molecular complexity index is 935. The highest BCUT2D eigenvalue weighted by Crippen LogP contribution is 2.35. The van der Waals surface area contributed by atoms with Crippen molar-refractivity contribution in [1.29, 1.82) is 0 Å². The Labute approximate surface area is 170 Å². The highest BCUT2D eigenvalue weighted by molar-refractivity contribution is 5.99. The lowest BCUT2D eigenvalue weighted by Crippen LogP contribution is -2.42. The molecule has 0 N–H and O–H groups in total. The number of aryl methyl sites for hydroxylation is 1. The third-order valence-corrected chi connectivity index (χ3v) is 7.30. The maximum atomic E-state index is 13.5. The maximum absolute atomic E-state index is 13.5. The molecule has 6 heteroatoms. The summed E-state index contributed by atoms with van der Waals surface area (Å²) in [5.41, 5.74) is 4.50. The van der Waals surface area contributed by atoms with Gasteiger partial charge in [0.1, 0.15) is 0 Å². The third kappa shape index (κ3) is 3.35. The summed E-state index contributed by atoms with van der Waals surface area (Å²) in [7, 11) is 2.11. The van der Waals surface area contributed by atoms with Crippen LogP contribution in [-0.4, -0.2) is 51.9 Å². The van der Waals surface area contributed by atoms with Gasteiger partial charge >= 0.3 is 0 Å². The van der Waals surface area contributed by atoms with Crippen molar-refractivity contribution in [2.24, 2.45) is 7.05 Å². The van der Waals surface area contributed by atoms with E-state index in [2.05, 4.69) is 16.5 Å². The lowest BCUT2D eigenvalue weighted by Gasteiger charge is -2.33. The summed E-state index contributed by atoms with van der Waals surface area (Å²) in [5.74, 6) is -2.76. The fourth-order valence-electron chi connectivity index (χ4n) is 5.53. The molecule has 2 fully saturated rings. The largest absolute Gasteiger partial charge is 0.347 e. The number of hydrogen-bond acceptors (Lipinski definition) is 2. The second-order valence-corrected chi connectivity index (χ2v) is 9.02. The number of rotatable bonds is 2. The second kappa shape index (κ2) is 7.08. The fraction of sp³-hybridized carbons (Fsp3) is 0.609. The number of carbonyl (C=O) groups is 1. The van der Waals surface area contributed by atoms with E-state index in [9.17, 15) is 13.6 Å². The first kappa shape index (κ1) is 19.0. The Morgan fingerprint density at radius 1 is 1.10 bits per heavy atom. The number of aromatic nitrogens is 1. The average molecular weight is 402 g/mol. The summed E-state index contributed by atoms with van der Waals surface area (Å²) >= 11 is 0. The minimum Gasteiger partial charge on any atom is -0.347 e. The maximum Gasteiger partial charge on any atom is 0.253 e. The van der Waals surface area contributed by atoms with Crippen LogP contribution in [-0.2, 0) is 20.0 Å². The molecule has 4 nitrogen and oxygen atoms in total. The van der Waals surface area contributed by atoms with Crippen molar-refractivity contribution in [2.75, 3.05) is 19.6 Å². The van der Waals surface area contributed by atoms with Crippen LogP contribution >= 0.6 is 0 Å². The zero-order chi connectivity index (χ0) is 20.2. The first-order chi connectivity index (χ1) is 13.9. The van der Waals surface area contributed by atoms with Crippen LogP contribution in [0.1, 0.15) is 60.1 Å². The Morgan fingerprint density at radius 2 is 1.83 bits per heavy atom. The molecule has 1 saturated carbocycles. The van der Waals surface area contributed by atoms with Crippen molar-refractivity contribution in [3.8, 4) is 0 Å². The van der Waals surface area contributed by atoms with Crippen LogP contribution in [0.2, 0.25) is 0 Å². The van der Waals surface area contributed by atoms with Crippen molar-refractivity contribution in [1.82, 2.24) is 14.4 Å². The number of benzene rings is 1. The predicted octanol–water partition coefficient (Wildman–Crippen LogP) is 4.35. The first-order valence-corrected chi connectivity index (χ1v) is 10.9. The molecule has 3 heterocycles. The van der Waals surface area contributed by atoms with Crippen LogP contribution < -0.4 is 0 Å². The molecule has 1 aromatic heterocycles. The van der Waals surface area contributed by atoms with Crippen LogP contribution in [0.5, 0.6) is 0 Å². The normalized spacial score (nSPS) is 22.9. The van der Waals surface area contributed by atoms with Crippen molar-refractivity contribution in [2.45, 2.75) is 63.5 Å². The number of hydrogen-bond donors (Lipinski definition) is 0. The molecule has 5 rings (SSSR count). The van der Waals surface area contributed by atoms with E-state index >= 15 is 0 Å². The summed E-state index contributed by atoms with van der Waals surface area (Å²) in [6.45, 7) is 2.32. The van der Waals surface area contributed by atoms with Crippen molar-refractivity contribution < 1.29 is 13.6 Å². The van der Waals surface area contributed by atoms with Crippen molar-refractivity contribution in [3.63, 3.8) is 0 Å². The van der Waals surface area contributed by atoms with Gasteiger partial charge in [-0.3, -0.25) is 9.69 Å². The van der Waals surface area contributed by atoms with Crippen molar-refractivity contribution >= 4 is 16.8 Å². The number of amides is 1. The van der Waals surface area contributed by atoms with Crippen LogP contribution in [0.3, 0.4) is 0 Å². The molecule has 29 heavy (non-hydrogen) atoms. The molecule has 2 aromatic rings. The van der Waals surface area contributed by atoms with Gasteiger partial charge in [-0.05, 0) is 36.6 Å². The van der Waals surface area contributed by atoms with Gasteiger partial charge in [-0.1, -0.05) is 12.8 Å². The number of fused-ring (bicyclic) bond motifs is 3. The minimum absolute atomic E-state index is 0.122. The Morgan fingerprint density at radius 3 is 2.55 bits per heavy atom. The van der Waals surface area contributed by atoms with E-state index in [-0.39, 0.29) is 31.8 Å². The number of halogens is 2. The highest BCUT2D eigenvalue weighted by atomic mass is 19.3. The monoisotopic (exact) mass is 401 g/mol. The fourth-order valence-corrected chi connectivity index (χ4v) is 5.53. The Balaban J connectivity index is 1.44. The minimum atomic E-state index is -2.64. The number of carbonyl (C=O) groups excluding carboxylic acids is 1. The smallest absolute Gasteiger partial charge is 0.253 e. The van der Waals surface area contributed by atoms with E-state index in [0.29, 0.717) is 11.6 Å². The molecule has 0 atom stereocenters. The van der Waals surface area contributed by atoms with Gasteiger partial charge in [0.2, 0.25) is 0 Å². The summed E-state index contributed by atoms with van der Waals surface area (Å²) < 4.78 is 29.2. The molecule has 1 aliphatic carbocycles. The summed E-state index contributed by atoms with van der Waals surface area (Å²) in [5, 5.41) is 1.15. The molecule has 0 unspecified atom stereocenters. The van der Waals surface area contributed by atoms with Gasteiger partial charge in [-0.25, -0.2) is 8.78 Å².